The molecule has 0 spiro atoms. The molecule has 116 valence electrons. The van der Waals surface area contributed by atoms with Gasteiger partial charge in [-0.3, -0.25) is 0 Å². The summed E-state index contributed by atoms with van der Waals surface area (Å²) in [5.74, 6) is 0.550. The molecule has 1 heterocycles. The van der Waals surface area contributed by atoms with Crippen molar-refractivity contribution >= 4 is 23.1 Å². The highest BCUT2D eigenvalue weighted by atomic mass is 19.1. The Morgan fingerprint density at radius 3 is 2.43 bits per heavy atom. The van der Waals surface area contributed by atoms with Gasteiger partial charge < -0.3 is 10.6 Å². The molecule has 0 aliphatic carbocycles. The van der Waals surface area contributed by atoms with Gasteiger partial charge >= 0.3 is 0 Å². The molecule has 0 bridgehead atoms. The zero-order valence-corrected chi connectivity index (χ0v) is 12.8. The Bertz CT molecular complexity index is 814. The van der Waals surface area contributed by atoms with Gasteiger partial charge in [-0.05, 0) is 43.2 Å². The number of nitrogens with one attached hydrogen (secondary N) is 2. The van der Waals surface area contributed by atoms with Crippen LogP contribution in [0, 0.1) is 19.7 Å². The van der Waals surface area contributed by atoms with Crippen LogP contribution in [0.4, 0.5) is 27.5 Å². The Labute approximate surface area is 133 Å². The van der Waals surface area contributed by atoms with Crippen LogP contribution < -0.4 is 10.6 Å². The Morgan fingerprint density at radius 1 is 0.957 bits per heavy atom. The number of para-hydroxylation sites is 1. The predicted octanol–water partition coefficient (Wildman–Crippen LogP) is 4.11. The molecule has 23 heavy (non-hydrogen) atoms. The van der Waals surface area contributed by atoms with Crippen molar-refractivity contribution in [2.45, 2.75) is 13.8 Å². The second-order valence-electron chi connectivity index (χ2n) is 5.19. The van der Waals surface area contributed by atoms with E-state index in [9.17, 15) is 4.39 Å². The third-order valence-electron chi connectivity index (χ3n) is 3.37. The first-order valence-electron chi connectivity index (χ1n) is 7.17. The molecule has 5 nitrogen and oxygen atoms in total. The zero-order valence-electron chi connectivity index (χ0n) is 12.8. The number of hydrogen-bond acceptors (Lipinski definition) is 5. The number of anilines is 4. The molecule has 0 aliphatic heterocycles. The molecule has 0 fully saturated rings. The van der Waals surface area contributed by atoms with E-state index >= 15 is 0 Å². The summed E-state index contributed by atoms with van der Waals surface area (Å²) >= 11 is 0. The number of aryl methyl sites for hydroxylation is 2. The van der Waals surface area contributed by atoms with E-state index < -0.39 is 0 Å². The first-order valence-corrected chi connectivity index (χ1v) is 7.17. The molecule has 0 saturated heterocycles. The fraction of sp³-hybridized carbons (Fsp3) is 0.118. The van der Waals surface area contributed by atoms with E-state index in [2.05, 4.69) is 25.8 Å². The van der Waals surface area contributed by atoms with Crippen molar-refractivity contribution < 1.29 is 4.39 Å². The van der Waals surface area contributed by atoms with Gasteiger partial charge in [0.25, 0.3) is 0 Å². The van der Waals surface area contributed by atoms with Crippen LogP contribution in [0.25, 0.3) is 0 Å². The summed E-state index contributed by atoms with van der Waals surface area (Å²) in [6.07, 6.45) is 1.49. The fourth-order valence-electron chi connectivity index (χ4n) is 2.25. The van der Waals surface area contributed by atoms with E-state index in [1.807, 2.05) is 32.0 Å². The lowest BCUT2D eigenvalue weighted by Gasteiger charge is -2.11. The van der Waals surface area contributed by atoms with Crippen molar-refractivity contribution in [3.63, 3.8) is 0 Å². The molecule has 0 saturated carbocycles. The van der Waals surface area contributed by atoms with Crippen molar-refractivity contribution in [3.05, 3.63) is 65.6 Å². The zero-order chi connectivity index (χ0) is 16.2. The molecule has 0 atom stereocenters. The van der Waals surface area contributed by atoms with Gasteiger partial charge in [0, 0.05) is 11.4 Å². The van der Waals surface area contributed by atoms with E-state index in [4.69, 9.17) is 0 Å². The van der Waals surface area contributed by atoms with Crippen molar-refractivity contribution in [2.24, 2.45) is 0 Å². The Hall–Kier alpha value is -3.02. The van der Waals surface area contributed by atoms with Crippen molar-refractivity contribution in [3.8, 4) is 0 Å². The lowest BCUT2D eigenvalue weighted by Crippen LogP contribution is -2.04. The Kier molecular flexibility index (Phi) is 4.14. The number of halogens is 1. The van der Waals surface area contributed by atoms with E-state index in [0.29, 0.717) is 17.5 Å². The highest BCUT2D eigenvalue weighted by molar-refractivity contribution is 5.64. The highest BCUT2D eigenvalue weighted by Crippen LogP contribution is 2.23. The van der Waals surface area contributed by atoms with Gasteiger partial charge in [0.2, 0.25) is 5.95 Å². The van der Waals surface area contributed by atoms with E-state index in [1.54, 1.807) is 12.1 Å². The van der Waals surface area contributed by atoms with E-state index in [0.717, 1.165) is 16.8 Å². The number of benzene rings is 2. The summed E-state index contributed by atoms with van der Waals surface area (Å²) in [6.45, 7) is 4.02. The Balaban J connectivity index is 1.83. The second kappa shape index (κ2) is 6.39. The third-order valence-corrected chi connectivity index (χ3v) is 3.37. The maximum atomic E-state index is 13.2. The summed E-state index contributed by atoms with van der Waals surface area (Å²) < 4.78 is 13.2. The monoisotopic (exact) mass is 309 g/mol. The first-order chi connectivity index (χ1) is 11.1. The van der Waals surface area contributed by atoms with Crippen molar-refractivity contribution in [1.29, 1.82) is 0 Å². The van der Waals surface area contributed by atoms with Gasteiger partial charge in [-0.1, -0.05) is 24.3 Å². The molecule has 0 unspecified atom stereocenters. The molecule has 0 aliphatic rings. The van der Waals surface area contributed by atoms with Crippen LogP contribution in [0.1, 0.15) is 11.1 Å². The standard InChI is InChI=1S/C17H16FN5/c1-11-5-3-6-12(2)16(11)22-17-21-15(10-19-23-17)20-14-8-4-7-13(18)9-14/h3-10H,1-2H3,(H2,20,21,22,23). The molecule has 2 aromatic carbocycles. The average molecular weight is 309 g/mol. The molecule has 1 aromatic heterocycles. The topological polar surface area (TPSA) is 62.7 Å². The van der Waals surface area contributed by atoms with Crippen LogP contribution in [0.5, 0.6) is 0 Å². The van der Waals surface area contributed by atoms with Crippen molar-refractivity contribution in [1.82, 2.24) is 15.2 Å². The maximum Gasteiger partial charge on any atom is 0.249 e. The van der Waals surface area contributed by atoms with Gasteiger partial charge in [-0.25, -0.2) is 4.39 Å². The molecule has 0 amide bonds. The lowest BCUT2D eigenvalue weighted by molar-refractivity contribution is 0.628. The quantitative estimate of drug-likeness (QED) is 0.759. The third kappa shape index (κ3) is 3.60. The fourth-order valence-corrected chi connectivity index (χ4v) is 2.25. The van der Waals surface area contributed by atoms with Gasteiger partial charge in [0.15, 0.2) is 5.82 Å². The minimum Gasteiger partial charge on any atom is -0.339 e. The van der Waals surface area contributed by atoms with E-state index in [1.165, 1.54) is 18.3 Å². The first kappa shape index (κ1) is 14.9. The van der Waals surface area contributed by atoms with Crippen LogP contribution in [-0.4, -0.2) is 15.2 Å². The number of hydrogen-bond donors (Lipinski definition) is 2. The molecule has 3 rings (SSSR count). The predicted molar refractivity (Wildman–Crippen MR) is 88.7 cm³/mol. The SMILES string of the molecule is Cc1cccc(C)c1Nc1nncc(Nc2cccc(F)c2)n1. The van der Waals surface area contributed by atoms with Gasteiger partial charge in [0.1, 0.15) is 5.82 Å². The minimum absolute atomic E-state index is 0.314. The van der Waals surface area contributed by atoms with Gasteiger partial charge in [-0.15, -0.1) is 5.10 Å². The largest absolute Gasteiger partial charge is 0.339 e. The summed E-state index contributed by atoms with van der Waals surface area (Å²) in [7, 11) is 0. The summed E-state index contributed by atoms with van der Waals surface area (Å²) in [5, 5.41) is 14.1. The summed E-state index contributed by atoms with van der Waals surface area (Å²) in [4.78, 5) is 4.36. The molecule has 6 heteroatoms. The summed E-state index contributed by atoms with van der Waals surface area (Å²) in [5.41, 5.74) is 3.75. The molecular weight excluding hydrogens is 293 g/mol. The van der Waals surface area contributed by atoms with Crippen LogP contribution in [0.15, 0.2) is 48.7 Å². The highest BCUT2D eigenvalue weighted by Gasteiger charge is 2.06. The smallest absolute Gasteiger partial charge is 0.249 e. The van der Waals surface area contributed by atoms with E-state index in [-0.39, 0.29) is 5.82 Å². The maximum absolute atomic E-state index is 13.2. The number of nitrogens with zero attached hydrogens (tertiary/aromatic N) is 3. The molecule has 3 aromatic rings. The van der Waals surface area contributed by atoms with Crippen LogP contribution in [-0.2, 0) is 0 Å². The van der Waals surface area contributed by atoms with Gasteiger partial charge in [-0.2, -0.15) is 10.1 Å². The average Bonchev–Trinajstić information content (AvgIpc) is 2.52. The molecule has 2 N–H and O–H groups in total. The van der Waals surface area contributed by atoms with Gasteiger partial charge in [0.05, 0.1) is 6.20 Å². The minimum atomic E-state index is -0.314. The lowest BCUT2D eigenvalue weighted by atomic mass is 10.1. The molecular formula is C17H16FN5. The summed E-state index contributed by atoms with van der Waals surface area (Å²) in [6, 6.07) is 12.2. The normalized spacial score (nSPS) is 10.4. The number of aromatic nitrogens is 3. The molecule has 0 radical (unpaired) electrons. The van der Waals surface area contributed by atoms with Crippen LogP contribution in [0.2, 0.25) is 0 Å². The Morgan fingerprint density at radius 2 is 1.70 bits per heavy atom. The van der Waals surface area contributed by atoms with Crippen molar-refractivity contribution in [2.75, 3.05) is 10.6 Å². The number of rotatable bonds is 4. The van der Waals surface area contributed by atoms with Crippen LogP contribution in [0.3, 0.4) is 0 Å². The van der Waals surface area contributed by atoms with Crippen LogP contribution >= 0.6 is 0 Å². The second-order valence-corrected chi connectivity index (χ2v) is 5.19.